The molecule has 0 unspecified atom stereocenters. The topological polar surface area (TPSA) is 37.3 Å². The second-order valence-electron chi connectivity index (χ2n) is 4.53. The fraction of sp³-hybridized carbons (Fsp3) is 0.118. The fourth-order valence-electron chi connectivity index (χ4n) is 2.09. The molecule has 0 saturated carbocycles. The number of allylic oxidation sites excluding steroid dienone is 1. The molecule has 0 fully saturated rings. The van der Waals surface area contributed by atoms with E-state index in [9.17, 15) is 4.79 Å². The van der Waals surface area contributed by atoms with Crippen molar-refractivity contribution < 1.29 is 9.90 Å². The highest BCUT2D eigenvalue weighted by molar-refractivity contribution is 6.32. The van der Waals surface area contributed by atoms with Crippen molar-refractivity contribution in [2.24, 2.45) is 0 Å². The second-order valence-corrected chi connectivity index (χ2v) is 4.94. The maximum atomic E-state index is 11.2. The van der Waals surface area contributed by atoms with Gasteiger partial charge in [-0.15, -0.1) is 0 Å². The van der Waals surface area contributed by atoms with Gasteiger partial charge in [-0.05, 0) is 18.1 Å². The molecule has 0 aliphatic heterocycles. The first-order valence-corrected chi connectivity index (χ1v) is 6.68. The molecule has 0 spiro atoms. The second kappa shape index (κ2) is 6.40. The highest BCUT2D eigenvalue weighted by Crippen LogP contribution is 2.35. The predicted octanol–water partition coefficient (Wildman–Crippen LogP) is 4.42. The van der Waals surface area contributed by atoms with E-state index in [4.69, 9.17) is 16.7 Å². The monoisotopic (exact) mass is 286 g/mol. The van der Waals surface area contributed by atoms with Gasteiger partial charge in [-0.3, -0.25) is 0 Å². The normalized spacial score (nSPS) is 12.2. The van der Waals surface area contributed by atoms with Crippen molar-refractivity contribution in [2.45, 2.75) is 12.8 Å². The number of carboxylic acids is 1. The summed E-state index contributed by atoms with van der Waals surface area (Å²) < 4.78 is 0. The smallest absolute Gasteiger partial charge is 0.332 e. The highest BCUT2D eigenvalue weighted by atomic mass is 35.5. The Labute approximate surface area is 123 Å². The molecule has 0 aromatic heterocycles. The number of carbonyl (C=O) groups is 1. The highest BCUT2D eigenvalue weighted by Gasteiger charge is 2.21. The Kier molecular flexibility index (Phi) is 4.59. The summed E-state index contributed by atoms with van der Waals surface area (Å²) in [5.74, 6) is -1.25. The van der Waals surface area contributed by atoms with Crippen molar-refractivity contribution in [1.82, 2.24) is 0 Å². The molecule has 0 atom stereocenters. The first-order valence-electron chi connectivity index (χ1n) is 6.30. The number of hydrogen-bond acceptors (Lipinski definition) is 1. The van der Waals surface area contributed by atoms with E-state index >= 15 is 0 Å². The summed E-state index contributed by atoms with van der Waals surface area (Å²) in [4.78, 5) is 11.2. The van der Waals surface area contributed by atoms with Crippen LogP contribution in [-0.4, -0.2) is 11.1 Å². The van der Waals surface area contributed by atoms with E-state index < -0.39 is 5.97 Å². The van der Waals surface area contributed by atoms with Crippen LogP contribution in [0.2, 0.25) is 0 Å². The van der Waals surface area contributed by atoms with Crippen LogP contribution in [-0.2, 0) is 4.79 Å². The van der Waals surface area contributed by atoms with Crippen molar-refractivity contribution in [2.75, 3.05) is 0 Å². The van der Waals surface area contributed by atoms with E-state index in [1.54, 1.807) is 0 Å². The van der Waals surface area contributed by atoms with Gasteiger partial charge >= 0.3 is 5.97 Å². The van der Waals surface area contributed by atoms with Gasteiger partial charge < -0.3 is 5.11 Å². The number of benzene rings is 2. The first kappa shape index (κ1) is 14.4. The lowest BCUT2D eigenvalue weighted by Crippen LogP contribution is -2.07. The average molecular weight is 287 g/mol. The van der Waals surface area contributed by atoms with Crippen LogP contribution in [0.3, 0.4) is 0 Å². The van der Waals surface area contributed by atoms with Crippen molar-refractivity contribution in [1.29, 1.82) is 0 Å². The van der Waals surface area contributed by atoms with Crippen LogP contribution >= 0.6 is 11.6 Å². The van der Waals surface area contributed by atoms with E-state index in [2.05, 4.69) is 0 Å². The molecule has 2 aromatic rings. The predicted molar refractivity (Wildman–Crippen MR) is 80.9 cm³/mol. The third-order valence-corrected chi connectivity index (χ3v) is 3.70. The van der Waals surface area contributed by atoms with E-state index in [1.807, 2.05) is 60.7 Å². The molecule has 3 heteroatoms. The molecular formula is C17H15ClO2. The van der Waals surface area contributed by atoms with E-state index in [0.717, 1.165) is 11.1 Å². The SMILES string of the molecule is CC(C(=O)O)=C(Cl)C(c1ccccc1)c1ccccc1. The number of halogens is 1. The minimum absolute atomic E-state index is 0.171. The lowest BCUT2D eigenvalue weighted by atomic mass is 9.89. The third-order valence-electron chi connectivity index (χ3n) is 3.20. The molecule has 2 aromatic carbocycles. The summed E-state index contributed by atoms with van der Waals surface area (Å²) in [7, 11) is 0. The maximum absolute atomic E-state index is 11.2. The lowest BCUT2D eigenvalue weighted by molar-refractivity contribution is -0.132. The zero-order valence-corrected chi connectivity index (χ0v) is 11.8. The van der Waals surface area contributed by atoms with Crippen molar-refractivity contribution >= 4 is 17.6 Å². The van der Waals surface area contributed by atoms with Crippen LogP contribution in [0, 0.1) is 0 Å². The molecule has 0 radical (unpaired) electrons. The van der Waals surface area contributed by atoms with Crippen molar-refractivity contribution in [3.63, 3.8) is 0 Å². The number of rotatable bonds is 4. The lowest BCUT2D eigenvalue weighted by Gasteiger charge is -2.18. The molecular weight excluding hydrogens is 272 g/mol. The van der Waals surface area contributed by atoms with Crippen LogP contribution in [0.25, 0.3) is 0 Å². The summed E-state index contributed by atoms with van der Waals surface area (Å²) in [6.45, 7) is 1.53. The summed E-state index contributed by atoms with van der Waals surface area (Å²) in [6, 6.07) is 19.4. The van der Waals surface area contributed by atoms with Gasteiger partial charge in [0.1, 0.15) is 0 Å². The number of aliphatic carboxylic acids is 1. The number of hydrogen-bond donors (Lipinski definition) is 1. The molecule has 0 amide bonds. The standard InChI is InChI=1S/C17H15ClO2/c1-12(17(19)20)16(18)15(13-8-4-2-5-9-13)14-10-6-3-7-11-14/h2-11,15H,1H3,(H,19,20). The molecule has 1 N–H and O–H groups in total. The Morgan fingerprint density at radius 2 is 1.35 bits per heavy atom. The van der Waals surface area contributed by atoms with Crippen molar-refractivity contribution in [3.05, 3.63) is 82.4 Å². The van der Waals surface area contributed by atoms with Gasteiger partial charge in [-0.25, -0.2) is 4.79 Å². The minimum Gasteiger partial charge on any atom is -0.478 e. The van der Waals surface area contributed by atoms with E-state index in [0.29, 0.717) is 5.03 Å². The van der Waals surface area contributed by atoms with Crippen LogP contribution in [0.5, 0.6) is 0 Å². The van der Waals surface area contributed by atoms with Gasteiger partial charge in [0, 0.05) is 16.5 Å². The van der Waals surface area contributed by atoms with Crippen LogP contribution in [0.4, 0.5) is 0 Å². The zero-order chi connectivity index (χ0) is 14.5. The number of carboxylic acid groups (broad SMARTS) is 1. The Bertz CT molecular complexity index is 578. The Hall–Kier alpha value is -2.06. The molecule has 2 rings (SSSR count). The molecule has 0 heterocycles. The average Bonchev–Trinajstić information content (AvgIpc) is 2.48. The summed E-state index contributed by atoms with van der Waals surface area (Å²) in [6.07, 6.45) is 0. The van der Waals surface area contributed by atoms with Gasteiger partial charge in [-0.1, -0.05) is 72.3 Å². The van der Waals surface area contributed by atoms with E-state index in [1.165, 1.54) is 6.92 Å². The first-order chi connectivity index (χ1) is 9.61. The Morgan fingerprint density at radius 1 is 0.950 bits per heavy atom. The van der Waals surface area contributed by atoms with Crippen LogP contribution in [0.1, 0.15) is 24.0 Å². The van der Waals surface area contributed by atoms with Gasteiger partial charge in [-0.2, -0.15) is 0 Å². The summed E-state index contributed by atoms with van der Waals surface area (Å²) in [5.41, 5.74) is 2.12. The van der Waals surface area contributed by atoms with Gasteiger partial charge in [0.15, 0.2) is 0 Å². The molecule has 2 nitrogen and oxygen atoms in total. The third kappa shape index (κ3) is 3.09. The summed E-state index contributed by atoms with van der Waals surface area (Å²) in [5, 5.41) is 9.50. The maximum Gasteiger partial charge on any atom is 0.332 e. The van der Waals surface area contributed by atoms with Gasteiger partial charge in [0.2, 0.25) is 0 Å². The van der Waals surface area contributed by atoms with Gasteiger partial charge in [0.25, 0.3) is 0 Å². The van der Waals surface area contributed by atoms with Crippen molar-refractivity contribution in [3.8, 4) is 0 Å². The molecule has 0 saturated heterocycles. The molecule has 102 valence electrons. The molecule has 0 aliphatic rings. The van der Waals surface area contributed by atoms with Gasteiger partial charge in [0.05, 0.1) is 0 Å². The largest absolute Gasteiger partial charge is 0.478 e. The fourth-order valence-corrected chi connectivity index (χ4v) is 2.43. The summed E-state index contributed by atoms with van der Waals surface area (Å²) >= 11 is 6.36. The Morgan fingerprint density at radius 3 is 1.70 bits per heavy atom. The van der Waals surface area contributed by atoms with Crippen LogP contribution < -0.4 is 0 Å². The minimum atomic E-state index is -0.994. The quantitative estimate of drug-likeness (QED) is 0.845. The Balaban J connectivity index is 2.57. The van der Waals surface area contributed by atoms with Crippen LogP contribution in [0.15, 0.2) is 71.3 Å². The molecule has 0 bridgehead atoms. The van der Waals surface area contributed by atoms with E-state index in [-0.39, 0.29) is 11.5 Å². The molecule has 0 aliphatic carbocycles. The molecule has 20 heavy (non-hydrogen) atoms. The zero-order valence-electron chi connectivity index (χ0n) is 11.1.